The molecule has 3 nitrogen and oxygen atoms in total. The predicted molar refractivity (Wildman–Crippen MR) is 67.5 cm³/mol. The molecule has 0 unspecified atom stereocenters. The van der Waals surface area contributed by atoms with Gasteiger partial charge in [0.25, 0.3) is 10.0 Å². The first-order chi connectivity index (χ1) is 8.12. The molecule has 0 aliphatic carbocycles. The third kappa shape index (κ3) is 1.31. The van der Waals surface area contributed by atoms with E-state index in [1.807, 2.05) is 36.4 Å². The molecular formula is C13H11NO2S. The van der Waals surface area contributed by atoms with Crippen LogP contribution in [-0.2, 0) is 10.0 Å². The number of hydrogen-bond donors (Lipinski definition) is 0. The van der Waals surface area contributed by atoms with Gasteiger partial charge in [0.15, 0.2) is 0 Å². The van der Waals surface area contributed by atoms with E-state index in [0.29, 0.717) is 4.90 Å². The zero-order valence-electron chi connectivity index (χ0n) is 9.29. The van der Waals surface area contributed by atoms with Crippen molar-refractivity contribution in [2.24, 2.45) is 0 Å². The Morgan fingerprint density at radius 1 is 0.882 bits per heavy atom. The van der Waals surface area contributed by atoms with Crippen LogP contribution < -0.4 is 4.31 Å². The van der Waals surface area contributed by atoms with Crippen molar-refractivity contribution >= 4 is 15.7 Å². The van der Waals surface area contributed by atoms with Gasteiger partial charge in [-0.25, -0.2) is 8.42 Å². The molecule has 0 fully saturated rings. The van der Waals surface area contributed by atoms with E-state index in [2.05, 4.69) is 0 Å². The first-order valence-electron chi connectivity index (χ1n) is 5.30. The standard InChI is InChI=1S/C13H11NO2S/c1-14-12-8-4-2-6-10(12)11-7-3-5-9-13(11)17(14,15)16/h2-9H,1H3. The van der Waals surface area contributed by atoms with E-state index in [9.17, 15) is 8.42 Å². The minimum Gasteiger partial charge on any atom is -0.269 e. The zero-order chi connectivity index (χ0) is 12.0. The number of benzene rings is 2. The van der Waals surface area contributed by atoms with E-state index in [4.69, 9.17) is 0 Å². The molecule has 4 heteroatoms. The molecule has 1 aliphatic rings. The lowest BCUT2D eigenvalue weighted by molar-refractivity contribution is 0.594. The summed E-state index contributed by atoms with van der Waals surface area (Å²) >= 11 is 0. The number of anilines is 1. The maximum absolute atomic E-state index is 12.3. The molecule has 2 aromatic rings. The summed E-state index contributed by atoms with van der Waals surface area (Å²) in [6.07, 6.45) is 0. The van der Waals surface area contributed by atoms with Gasteiger partial charge in [0.2, 0.25) is 0 Å². The molecule has 1 aliphatic heterocycles. The normalized spacial score (nSPS) is 16.2. The van der Waals surface area contributed by atoms with Crippen LogP contribution in [0.25, 0.3) is 11.1 Å². The largest absolute Gasteiger partial charge is 0.269 e. The fraction of sp³-hybridized carbons (Fsp3) is 0.0769. The molecule has 0 radical (unpaired) electrons. The molecule has 0 atom stereocenters. The van der Waals surface area contributed by atoms with Crippen molar-refractivity contribution in [1.29, 1.82) is 0 Å². The molecule has 0 saturated carbocycles. The van der Waals surface area contributed by atoms with Gasteiger partial charge in [0.1, 0.15) is 0 Å². The highest BCUT2D eigenvalue weighted by atomic mass is 32.2. The van der Waals surface area contributed by atoms with Crippen LogP contribution in [0.1, 0.15) is 0 Å². The fourth-order valence-electron chi connectivity index (χ4n) is 2.17. The molecule has 0 N–H and O–H groups in total. The van der Waals surface area contributed by atoms with Crippen molar-refractivity contribution < 1.29 is 8.42 Å². The third-order valence-corrected chi connectivity index (χ3v) is 4.89. The number of fused-ring (bicyclic) bond motifs is 3. The van der Waals surface area contributed by atoms with Crippen LogP contribution in [-0.4, -0.2) is 15.5 Å². The Hall–Kier alpha value is -1.81. The summed E-state index contributed by atoms with van der Waals surface area (Å²) < 4.78 is 25.9. The number of nitrogens with zero attached hydrogens (tertiary/aromatic N) is 1. The quantitative estimate of drug-likeness (QED) is 0.715. The third-order valence-electron chi connectivity index (χ3n) is 3.06. The lowest BCUT2D eigenvalue weighted by Crippen LogP contribution is -2.30. The van der Waals surface area contributed by atoms with Crippen LogP contribution in [0.3, 0.4) is 0 Å². The van der Waals surface area contributed by atoms with Crippen LogP contribution in [0.15, 0.2) is 53.4 Å². The van der Waals surface area contributed by atoms with Crippen molar-refractivity contribution in [2.45, 2.75) is 4.90 Å². The second-order valence-corrected chi connectivity index (χ2v) is 5.92. The topological polar surface area (TPSA) is 37.4 Å². The van der Waals surface area contributed by atoms with Crippen molar-refractivity contribution in [3.8, 4) is 11.1 Å². The van der Waals surface area contributed by atoms with Crippen molar-refractivity contribution in [3.63, 3.8) is 0 Å². The summed E-state index contributed by atoms with van der Waals surface area (Å²) in [6.45, 7) is 0. The van der Waals surface area contributed by atoms with Crippen LogP contribution in [0.4, 0.5) is 5.69 Å². The Morgan fingerprint density at radius 3 is 2.24 bits per heavy atom. The van der Waals surface area contributed by atoms with Gasteiger partial charge in [-0.3, -0.25) is 4.31 Å². The molecule has 0 aromatic heterocycles. The minimum atomic E-state index is -3.40. The highest BCUT2D eigenvalue weighted by Gasteiger charge is 2.31. The SMILES string of the molecule is CN1c2ccccc2-c2ccccc2S1(=O)=O. The Kier molecular flexibility index (Phi) is 2.03. The molecule has 0 bridgehead atoms. The van der Waals surface area contributed by atoms with Crippen LogP contribution in [0.5, 0.6) is 0 Å². The average molecular weight is 245 g/mol. The summed E-state index contributed by atoms with van der Waals surface area (Å²) in [6, 6.07) is 14.6. The lowest BCUT2D eigenvalue weighted by atomic mass is 10.0. The van der Waals surface area contributed by atoms with Gasteiger partial charge in [-0.2, -0.15) is 0 Å². The number of sulfonamides is 1. The molecule has 0 spiro atoms. The van der Waals surface area contributed by atoms with Crippen LogP contribution in [0.2, 0.25) is 0 Å². The molecule has 1 heterocycles. The lowest BCUT2D eigenvalue weighted by Gasteiger charge is -2.28. The van der Waals surface area contributed by atoms with E-state index in [1.165, 1.54) is 4.31 Å². The summed E-state index contributed by atoms with van der Waals surface area (Å²) in [5.74, 6) is 0. The molecule has 86 valence electrons. The average Bonchev–Trinajstić information content (AvgIpc) is 2.37. The first kappa shape index (κ1) is 10.4. The number of hydrogen-bond acceptors (Lipinski definition) is 2. The summed E-state index contributed by atoms with van der Waals surface area (Å²) in [4.78, 5) is 0.376. The van der Waals surface area contributed by atoms with Gasteiger partial charge in [-0.05, 0) is 12.1 Å². The number of para-hydroxylation sites is 1. The second-order valence-electron chi connectivity index (χ2n) is 3.99. The van der Waals surface area contributed by atoms with Gasteiger partial charge in [0, 0.05) is 18.2 Å². The fourth-order valence-corrected chi connectivity index (χ4v) is 3.59. The maximum Gasteiger partial charge on any atom is 0.264 e. The van der Waals surface area contributed by atoms with E-state index in [-0.39, 0.29) is 0 Å². The highest BCUT2D eigenvalue weighted by molar-refractivity contribution is 7.93. The van der Waals surface area contributed by atoms with Crippen molar-refractivity contribution in [2.75, 3.05) is 11.4 Å². The van der Waals surface area contributed by atoms with Gasteiger partial charge in [-0.15, -0.1) is 0 Å². The van der Waals surface area contributed by atoms with E-state index < -0.39 is 10.0 Å². The zero-order valence-corrected chi connectivity index (χ0v) is 10.1. The van der Waals surface area contributed by atoms with E-state index in [0.717, 1.165) is 16.8 Å². The Bertz CT molecular complexity index is 692. The van der Waals surface area contributed by atoms with E-state index >= 15 is 0 Å². The Balaban J connectivity index is 2.46. The van der Waals surface area contributed by atoms with Crippen LogP contribution >= 0.6 is 0 Å². The summed E-state index contributed by atoms with van der Waals surface area (Å²) in [5.41, 5.74) is 2.47. The molecule has 2 aromatic carbocycles. The summed E-state index contributed by atoms with van der Waals surface area (Å²) in [7, 11) is -1.81. The molecule has 17 heavy (non-hydrogen) atoms. The Labute approximate surface area is 100 Å². The maximum atomic E-state index is 12.3. The summed E-state index contributed by atoms with van der Waals surface area (Å²) in [5, 5.41) is 0. The molecule has 0 amide bonds. The Morgan fingerprint density at radius 2 is 1.47 bits per heavy atom. The van der Waals surface area contributed by atoms with Crippen LogP contribution in [0, 0.1) is 0 Å². The molecular weight excluding hydrogens is 234 g/mol. The predicted octanol–water partition coefficient (Wildman–Crippen LogP) is 2.49. The van der Waals surface area contributed by atoms with Gasteiger partial charge in [0.05, 0.1) is 10.6 Å². The molecule has 3 rings (SSSR count). The monoisotopic (exact) mass is 245 g/mol. The van der Waals surface area contributed by atoms with Gasteiger partial charge in [-0.1, -0.05) is 36.4 Å². The highest BCUT2D eigenvalue weighted by Crippen LogP contribution is 2.41. The first-order valence-corrected chi connectivity index (χ1v) is 6.74. The van der Waals surface area contributed by atoms with Crippen molar-refractivity contribution in [1.82, 2.24) is 0 Å². The van der Waals surface area contributed by atoms with E-state index in [1.54, 1.807) is 19.2 Å². The second kappa shape index (κ2) is 3.34. The van der Waals surface area contributed by atoms with Gasteiger partial charge < -0.3 is 0 Å². The minimum absolute atomic E-state index is 0.376. The smallest absolute Gasteiger partial charge is 0.264 e. The molecule has 0 saturated heterocycles. The van der Waals surface area contributed by atoms with Crippen molar-refractivity contribution in [3.05, 3.63) is 48.5 Å². The van der Waals surface area contributed by atoms with Gasteiger partial charge >= 0.3 is 0 Å². The number of rotatable bonds is 0.